The number of rotatable bonds is 7. The Morgan fingerprint density at radius 2 is 1.97 bits per heavy atom. The normalized spacial score (nSPS) is 15.8. The average molecular weight is 464 g/mol. The highest BCUT2D eigenvalue weighted by molar-refractivity contribution is 6.30. The highest BCUT2D eigenvalue weighted by Crippen LogP contribution is 2.34. The SMILES string of the molecule is O=C(Cn1c(NCCO)nc2ccccc21)N1N=C(c2ccc(Cl)cc2)CC1c1ccco1. The van der Waals surface area contributed by atoms with Crippen molar-refractivity contribution in [2.45, 2.75) is 19.0 Å². The minimum absolute atomic E-state index is 0.0306. The van der Waals surface area contributed by atoms with Gasteiger partial charge in [0.1, 0.15) is 18.3 Å². The summed E-state index contributed by atoms with van der Waals surface area (Å²) < 4.78 is 7.44. The van der Waals surface area contributed by atoms with E-state index >= 15 is 0 Å². The van der Waals surface area contributed by atoms with Crippen molar-refractivity contribution in [2.75, 3.05) is 18.5 Å². The number of carbonyl (C=O) groups is 1. The first-order chi connectivity index (χ1) is 16.1. The number of furan rings is 1. The van der Waals surface area contributed by atoms with E-state index in [9.17, 15) is 9.90 Å². The molecule has 0 saturated heterocycles. The number of hydrogen-bond donors (Lipinski definition) is 2. The van der Waals surface area contributed by atoms with Gasteiger partial charge < -0.3 is 19.4 Å². The molecule has 1 amide bonds. The van der Waals surface area contributed by atoms with E-state index in [0.717, 1.165) is 22.3 Å². The van der Waals surface area contributed by atoms with Crippen LogP contribution in [0.4, 0.5) is 5.95 Å². The van der Waals surface area contributed by atoms with Crippen LogP contribution in [0.15, 0.2) is 76.4 Å². The van der Waals surface area contributed by atoms with Gasteiger partial charge in [0.2, 0.25) is 5.95 Å². The summed E-state index contributed by atoms with van der Waals surface area (Å²) in [5, 5.41) is 19.1. The number of fused-ring (bicyclic) bond motifs is 1. The van der Waals surface area contributed by atoms with Gasteiger partial charge >= 0.3 is 0 Å². The second-order valence-corrected chi connectivity index (χ2v) is 8.12. The summed E-state index contributed by atoms with van der Waals surface area (Å²) in [5.74, 6) is 0.995. The summed E-state index contributed by atoms with van der Waals surface area (Å²) in [6, 6.07) is 18.3. The maximum atomic E-state index is 13.5. The van der Waals surface area contributed by atoms with Gasteiger partial charge in [-0.1, -0.05) is 35.9 Å². The first-order valence-corrected chi connectivity index (χ1v) is 11.0. The zero-order valence-electron chi connectivity index (χ0n) is 17.7. The molecule has 2 aromatic carbocycles. The summed E-state index contributed by atoms with van der Waals surface area (Å²) in [4.78, 5) is 18.1. The van der Waals surface area contributed by atoms with Gasteiger partial charge in [-0.05, 0) is 42.0 Å². The predicted octanol–water partition coefficient (Wildman–Crippen LogP) is 4.06. The Bertz CT molecular complexity index is 1300. The molecule has 8 nitrogen and oxygen atoms in total. The van der Waals surface area contributed by atoms with Crippen molar-refractivity contribution in [3.05, 3.63) is 83.3 Å². The van der Waals surface area contributed by atoms with E-state index in [4.69, 9.17) is 16.0 Å². The molecule has 3 heterocycles. The number of carbonyl (C=O) groups excluding carboxylic acids is 1. The Balaban J connectivity index is 1.48. The zero-order chi connectivity index (χ0) is 22.8. The fourth-order valence-corrected chi connectivity index (χ4v) is 4.13. The minimum atomic E-state index is -0.346. The van der Waals surface area contributed by atoms with Crippen LogP contribution in [0.1, 0.15) is 23.8 Å². The molecule has 2 aromatic heterocycles. The van der Waals surface area contributed by atoms with Crippen molar-refractivity contribution in [2.24, 2.45) is 5.10 Å². The lowest BCUT2D eigenvalue weighted by atomic mass is 10.0. The molecule has 5 rings (SSSR count). The Kier molecular flexibility index (Phi) is 5.85. The molecule has 9 heteroatoms. The molecule has 0 fully saturated rings. The zero-order valence-corrected chi connectivity index (χ0v) is 18.4. The van der Waals surface area contributed by atoms with E-state index in [2.05, 4.69) is 15.4 Å². The first kappa shape index (κ1) is 21.2. The number of amides is 1. The van der Waals surface area contributed by atoms with Gasteiger partial charge in [-0.3, -0.25) is 4.79 Å². The maximum absolute atomic E-state index is 13.5. The van der Waals surface area contributed by atoms with Crippen LogP contribution >= 0.6 is 11.6 Å². The number of benzene rings is 2. The highest BCUT2D eigenvalue weighted by Gasteiger charge is 2.35. The van der Waals surface area contributed by atoms with Crippen molar-refractivity contribution in [1.29, 1.82) is 0 Å². The van der Waals surface area contributed by atoms with Crippen LogP contribution in [0.5, 0.6) is 0 Å². The largest absolute Gasteiger partial charge is 0.467 e. The highest BCUT2D eigenvalue weighted by atomic mass is 35.5. The fraction of sp³-hybridized carbons (Fsp3) is 0.208. The van der Waals surface area contributed by atoms with Gasteiger partial charge in [0.25, 0.3) is 5.91 Å². The lowest BCUT2D eigenvalue weighted by molar-refractivity contribution is -0.133. The maximum Gasteiger partial charge on any atom is 0.263 e. The second-order valence-electron chi connectivity index (χ2n) is 7.69. The number of hydrogen-bond acceptors (Lipinski definition) is 6. The first-order valence-electron chi connectivity index (χ1n) is 10.6. The number of para-hydroxylation sites is 2. The smallest absolute Gasteiger partial charge is 0.263 e. The molecule has 0 saturated carbocycles. The Morgan fingerprint density at radius 1 is 1.15 bits per heavy atom. The van der Waals surface area contributed by atoms with E-state index in [1.165, 1.54) is 5.01 Å². The summed E-state index contributed by atoms with van der Waals surface area (Å²) in [6.45, 7) is 0.316. The van der Waals surface area contributed by atoms with Crippen LogP contribution in [0, 0.1) is 0 Å². The van der Waals surface area contributed by atoms with E-state index in [1.54, 1.807) is 12.3 Å². The number of halogens is 1. The Morgan fingerprint density at radius 3 is 2.73 bits per heavy atom. The van der Waals surface area contributed by atoms with E-state index in [-0.39, 0.29) is 25.1 Å². The summed E-state index contributed by atoms with van der Waals surface area (Å²) in [6.07, 6.45) is 2.12. The van der Waals surface area contributed by atoms with Crippen LogP contribution in [0.2, 0.25) is 5.02 Å². The fourth-order valence-electron chi connectivity index (χ4n) is 4.01. The quantitative estimate of drug-likeness (QED) is 0.431. The summed E-state index contributed by atoms with van der Waals surface area (Å²) in [5.41, 5.74) is 3.28. The Hall–Kier alpha value is -3.62. The van der Waals surface area contributed by atoms with Crippen molar-refractivity contribution in [1.82, 2.24) is 14.6 Å². The number of nitrogens with one attached hydrogen (secondary N) is 1. The number of nitrogens with zero attached hydrogens (tertiary/aromatic N) is 4. The van der Waals surface area contributed by atoms with Crippen LogP contribution < -0.4 is 5.32 Å². The van der Waals surface area contributed by atoms with Gasteiger partial charge in [0.15, 0.2) is 0 Å². The lowest BCUT2D eigenvalue weighted by Gasteiger charge is -2.21. The standard InChI is InChI=1S/C24H22ClN5O3/c25-17-9-7-16(8-10-17)19-14-21(22-6-3-13-33-22)30(28-19)23(32)15-29-20-5-2-1-4-18(20)27-24(29)26-11-12-31/h1-10,13,21,31H,11-12,14-15H2,(H,26,27). The van der Waals surface area contributed by atoms with Crippen LogP contribution in [0.25, 0.3) is 11.0 Å². The van der Waals surface area contributed by atoms with Crippen molar-refractivity contribution in [3.8, 4) is 0 Å². The van der Waals surface area contributed by atoms with Gasteiger partial charge in [-0.25, -0.2) is 9.99 Å². The van der Waals surface area contributed by atoms with Crippen molar-refractivity contribution >= 4 is 40.2 Å². The molecule has 0 radical (unpaired) electrons. The molecular weight excluding hydrogens is 442 g/mol. The number of hydrazone groups is 1. The predicted molar refractivity (Wildman–Crippen MR) is 126 cm³/mol. The molecule has 1 unspecified atom stereocenters. The van der Waals surface area contributed by atoms with Gasteiger partial charge in [0.05, 0.1) is 29.6 Å². The van der Waals surface area contributed by atoms with Gasteiger partial charge in [0, 0.05) is 18.0 Å². The van der Waals surface area contributed by atoms with Crippen LogP contribution in [-0.4, -0.2) is 44.4 Å². The molecule has 33 heavy (non-hydrogen) atoms. The van der Waals surface area contributed by atoms with Gasteiger partial charge in [-0.2, -0.15) is 5.10 Å². The lowest BCUT2D eigenvalue weighted by Crippen LogP contribution is -2.30. The van der Waals surface area contributed by atoms with Gasteiger partial charge in [-0.15, -0.1) is 0 Å². The molecule has 1 atom stereocenters. The monoisotopic (exact) mass is 463 g/mol. The molecule has 0 spiro atoms. The molecular formula is C24H22ClN5O3. The van der Waals surface area contributed by atoms with Crippen LogP contribution in [-0.2, 0) is 11.3 Å². The van der Waals surface area contributed by atoms with E-state index < -0.39 is 0 Å². The number of anilines is 1. The second kappa shape index (κ2) is 9.09. The van der Waals surface area contributed by atoms with Crippen molar-refractivity contribution in [3.63, 3.8) is 0 Å². The molecule has 0 aliphatic carbocycles. The third-order valence-corrected chi connectivity index (χ3v) is 5.81. The molecule has 4 aromatic rings. The molecule has 0 bridgehead atoms. The summed E-state index contributed by atoms with van der Waals surface area (Å²) >= 11 is 6.04. The Labute approximate surface area is 195 Å². The number of aliphatic hydroxyl groups is 1. The molecule has 1 aliphatic heterocycles. The van der Waals surface area contributed by atoms with E-state index in [1.807, 2.05) is 59.2 Å². The topological polar surface area (TPSA) is 95.9 Å². The average Bonchev–Trinajstić information content (AvgIpc) is 3.57. The number of imidazole rings is 1. The minimum Gasteiger partial charge on any atom is -0.467 e. The molecule has 1 aliphatic rings. The number of aliphatic hydroxyl groups excluding tert-OH is 1. The molecule has 2 N–H and O–H groups in total. The summed E-state index contributed by atoms with van der Waals surface area (Å²) in [7, 11) is 0. The van der Waals surface area contributed by atoms with E-state index in [0.29, 0.717) is 29.7 Å². The third kappa shape index (κ3) is 4.22. The van der Waals surface area contributed by atoms with Crippen LogP contribution in [0.3, 0.4) is 0 Å². The third-order valence-electron chi connectivity index (χ3n) is 5.56. The number of aromatic nitrogens is 2. The molecule has 168 valence electrons. The van der Waals surface area contributed by atoms with Crippen molar-refractivity contribution < 1.29 is 14.3 Å².